The lowest BCUT2D eigenvalue weighted by atomic mass is 9.90. The average Bonchev–Trinajstić information content (AvgIpc) is 2.56. The van der Waals surface area contributed by atoms with Crippen molar-refractivity contribution in [2.24, 2.45) is 0 Å². The van der Waals surface area contributed by atoms with Gasteiger partial charge in [-0.25, -0.2) is 4.79 Å². The number of hydrogen-bond acceptors (Lipinski definition) is 3. The molecule has 0 fully saturated rings. The summed E-state index contributed by atoms with van der Waals surface area (Å²) in [6, 6.07) is 16.5. The normalized spacial score (nSPS) is 11.9. The van der Waals surface area contributed by atoms with E-state index in [0.717, 1.165) is 17.8 Å². The molecule has 2 aromatic carbocycles. The van der Waals surface area contributed by atoms with Gasteiger partial charge in [0.05, 0.1) is 13.0 Å². The van der Waals surface area contributed by atoms with Crippen LogP contribution in [0.5, 0.6) is 5.75 Å². The molecule has 23 heavy (non-hydrogen) atoms. The Kier molecular flexibility index (Phi) is 5.52. The fraction of sp³-hybridized carbons (Fsp3) is 0.111. The van der Waals surface area contributed by atoms with Crippen LogP contribution in [-0.4, -0.2) is 24.1 Å². The van der Waals surface area contributed by atoms with Crippen molar-refractivity contribution >= 4 is 11.9 Å². The number of carbonyl (C=O) groups is 2. The fourth-order valence-corrected chi connectivity index (χ4v) is 2.30. The minimum Gasteiger partial charge on any atom is -0.496 e. The first-order valence-corrected chi connectivity index (χ1v) is 7.01. The van der Waals surface area contributed by atoms with E-state index in [1.54, 1.807) is 13.2 Å². The Labute approximate surface area is 134 Å². The van der Waals surface area contributed by atoms with Crippen LogP contribution in [0.25, 0.3) is 0 Å². The Morgan fingerprint density at radius 1 is 1.09 bits per heavy atom. The van der Waals surface area contributed by atoms with Crippen LogP contribution in [0.15, 0.2) is 66.9 Å². The highest BCUT2D eigenvalue weighted by Gasteiger charge is 2.24. The zero-order valence-electron chi connectivity index (χ0n) is 12.6. The molecule has 0 aliphatic heterocycles. The first-order chi connectivity index (χ1) is 11.1. The van der Waals surface area contributed by atoms with E-state index >= 15 is 0 Å². The number of rotatable bonds is 6. The van der Waals surface area contributed by atoms with Crippen molar-refractivity contribution in [3.8, 4) is 5.75 Å². The largest absolute Gasteiger partial charge is 0.496 e. The van der Waals surface area contributed by atoms with Crippen molar-refractivity contribution < 1.29 is 19.4 Å². The zero-order chi connectivity index (χ0) is 16.7. The molecule has 5 heteroatoms. The van der Waals surface area contributed by atoms with Crippen LogP contribution in [-0.2, 0) is 9.59 Å². The highest BCUT2D eigenvalue weighted by Crippen LogP contribution is 2.31. The van der Waals surface area contributed by atoms with Gasteiger partial charge in [0.2, 0.25) is 5.91 Å². The van der Waals surface area contributed by atoms with E-state index in [-0.39, 0.29) is 5.91 Å². The second kappa shape index (κ2) is 7.79. The Balaban J connectivity index is 2.40. The second-order valence-corrected chi connectivity index (χ2v) is 4.77. The number of methoxy groups -OCH3 is 1. The summed E-state index contributed by atoms with van der Waals surface area (Å²) in [5, 5.41) is 11.1. The third-order valence-corrected chi connectivity index (χ3v) is 3.30. The van der Waals surface area contributed by atoms with Crippen molar-refractivity contribution in [1.82, 2.24) is 5.32 Å². The quantitative estimate of drug-likeness (QED) is 0.804. The molecule has 0 aromatic heterocycles. The average molecular weight is 311 g/mol. The molecule has 2 N–H and O–H groups in total. The minimum atomic E-state index is -1.13. The molecule has 118 valence electrons. The SMILES string of the molecule is COc1ccccc1C(C(=O)NC=CC(=O)O)c1ccccc1. The number of carboxylic acids is 1. The number of para-hydroxylation sites is 1. The smallest absolute Gasteiger partial charge is 0.329 e. The van der Waals surface area contributed by atoms with Gasteiger partial charge in [-0.05, 0) is 11.6 Å². The molecule has 0 saturated heterocycles. The minimum absolute atomic E-state index is 0.335. The Hall–Kier alpha value is -3.08. The van der Waals surface area contributed by atoms with Crippen LogP contribution >= 0.6 is 0 Å². The van der Waals surface area contributed by atoms with E-state index in [1.165, 1.54) is 0 Å². The van der Waals surface area contributed by atoms with Crippen LogP contribution in [0.3, 0.4) is 0 Å². The van der Waals surface area contributed by atoms with Gasteiger partial charge >= 0.3 is 5.97 Å². The van der Waals surface area contributed by atoms with Crippen molar-refractivity contribution in [1.29, 1.82) is 0 Å². The summed E-state index contributed by atoms with van der Waals surface area (Å²) in [7, 11) is 1.54. The summed E-state index contributed by atoms with van der Waals surface area (Å²) in [5.41, 5.74) is 1.50. The molecule has 0 bridgehead atoms. The number of carbonyl (C=O) groups excluding carboxylic acids is 1. The molecule has 0 spiro atoms. The molecule has 0 heterocycles. The number of nitrogens with one attached hydrogen (secondary N) is 1. The van der Waals surface area contributed by atoms with E-state index in [0.29, 0.717) is 11.3 Å². The van der Waals surface area contributed by atoms with Crippen LogP contribution in [0.2, 0.25) is 0 Å². The van der Waals surface area contributed by atoms with Gasteiger partial charge in [0.1, 0.15) is 5.75 Å². The molecule has 0 radical (unpaired) electrons. The molecule has 0 saturated carbocycles. The highest BCUT2D eigenvalue weighted by atomic mass is 16.5. The number of hydrogen-bond donors (Lipinski definition) is 2. The molecule has 1 atom stereocenters. The first kappa shape index (κ1) is 16.3. The molecule has 2 aromatic rings. The van der Waals surface area contributed by atoms with Crippen molar-refractivity contribution in [2.75, 3.05) is 7.11 Å². The second-order valence-electron chi connectivity index (χ2n) is 4.77. The summed E-state index contributed by atoms with van der Waals surface area (Å²) >= 11 is 0. The summed E-state index contributed by atoms with van der Waals surface area (Å²) in [6.07, 6.45) is 2.00. The van der Waals surface area contributed by atoms with Crippen LogP contribution in [0.1, 0.15) is 17.0 Å². The predicted molar refractivity (Wildman–Crippen MR) is 86.2 cm³/mol. The summed E-state index contributed by atoms with van der Waals surface area (Å²) in [6.45, 7) is 0. The molecule has 1 unspecified atom stereocenters. The van der Waals surface area contributed by atoms with E-state index < -0.39 is 11.9 Å². The number of benzene rings is 2. The van der Waals surface area contributed by atoms with Gasteiger partial charge in [-0.2, -0.15) is 0 Å². The van der Waals surface area contributed by atoms with Crippen molar-refractivity contribution in [2.45, 2.75) is 5.92 Å². The maximum atomic E-state index is 12.6. The van der Waals surface area contributed by atoms with Crippen molar-refractivity contribution in [3.05, 3.63) is 78.0 Å². The van der Waals surface area contributed by atoms with Crippen LogP contribution in [0.4, 0.5) is 0 Å². The maximum absolute atomic E-state index is 12.6. The van der Waals surface area contributed by atoms with Crippen molar-refractivity contribution in [3.63, 3.8) is 0 Å². The molecule has 1 amide bonds. The maximum Gasteiger partial charge on any atom is 0.329 e. The lowest BCUT2D eigenvalue weighted by molar-refractivity contribution is -0.131. The standard InChI is InChI=1S/C18H17NO4/c1-23-15-10-6-5-9-14(15)17(13-7-3-2-4-8-13)18(22)19-12-11-16(20)21/h2-12,17H,1H3,(H,19,22)(H,20,21). The number of carboxylic acid groups (broad SMARTS) is 1. The van der Waals surface area contributed by atoms with Gasteiger partial charge in [0, 0.05) is 17.8 Å². The third kappa shape index (κ3) is 4.20. The Morgan fingerprint density at radius 3 is 2.39 bits per heavy atom. The summed E-state index contributed by atoms with van der Waals surface area (Å²) in [4.78, 5) is 23.1. The van der Waals surface area contributed by atoms with Gasteiger partial charge in [-0.15, -0.1) is 0 Å². The Morgan fingerprint density at radius 2 is 1.74 bits per heavy atom. The predicted octanol–water partition coefficient (Wildman–Crippen LogP) is 2.54. The lowest BCUT2D eigenvalue weighted by Gasteiger charge is -2.19. The summed E-state index contributed by atoms with van der Waals surface area (Å²) in [5.74, 6) is -1.47. The van der Waals surface area contributed by atoms with E-state index in [9.17, 15) is 9.59 Å². The summed E-state index contributed by atoms with van der Waals surface area (Å²) < 4.78 is 5.35. The van der Waals surface area contributed by atoms with Gasteiger partial charge in [-0.1, -0.05) is 48.5 Å². The number of amides is 1. The van der Waals surface area contributed by atoms with Crippen LogP contribution in [0, 0.1) is 0 Å². The third-order valence-electron chi connectivity index (χ3n) is 3.30. The lowest BCUT2D eigenvalue weighted by Crippen LogP contribution is -2.26. The fourth-order valence-electron chi connectivity index (χ4n) is 2.30. The molecule has 0 aliphatic carbocycles. The first-order valence-electron chi connectivity index (χ1n) is 7.01. The van der Waals surface area contributed by atoms with E-state index in [1.807, 2.05) is 48.5 Å². The molecular formula is C18H17NO4. The van der Waals surface area contributed by atoms with Gasteiger partial charge in [0.15, 0.2) is 0 Å². The zero-order valence-corrected chi connectivity index (χ0v) is 12.6. The van der Waals surface area contributed by atoms with E-state index in [4.69, 9.17) is 9.84 Å². The van der Waals surface area contributed by atoms with Crippen LogP contribution < -0.4 is 10.1 Å². The topological polar surface area (TPSA) is 75.6 Å². The highest BCUT2D eigenvalue weighted by molar-refractivity contribution is 5.89. The van der Waals surface area contributed by atoms with Gasteiger partial charge in [-0.3, -0.25) is 4.79 Å². The van der Waals surface area contributed by atoms with Gasteiger partial charge in [0.25, 0.3) is 0 Å². The molecular weight excluding hydrogens is 294 g/mol. The molecule has 2 rings (SSSR count). The monoisotopic (exact) mass is 311 g/mol. The number of aliphatic carboxylic acids is 1. The molecule has 5 nitrogen and oxygen atoms in total. The van der Waals surface area contributed by atoms with E-state index in [2.05, 4.69) is 5.32 Å². The molecule has 0 aliphatic rings. The van der Waals surface area contributed by atoms with Gasteiger partial charge < -0.3 is 15.2 Å². The number of ether oxygens (including phenoxy) is 1. The Bertz CT molecular complexity index is 710.